The highest BCUT2D eigenvalue weighted by Crippen LogP contribution is 2.41. The minimum atomic E-state index is 0.601. The largest absolute Gasteiger partial charge is 0.394 e. The third-order valence-electron chi connectivity index (χ3n) is 4.02. The molecule has 2 atom stereocenters. The zero-order valence-electron chi connectivity index (χ0n) is 13.9. The molecule has 0 radical (unpaired) electrons. The second-order valence-corrected chi connectivity index (χ2v) is 5.30. The summed E-state index contributed by atoms with van der Waals surface area (Å²) in [5.74, 6) is 0.644. The Morgan fingerprint density at radius 1 is 1.25 bits per heavy atom. The highest BCUT2D eigenvalue weighted by Gasteiger charge is 2.31. The zero-order chi connectivity index (χ0) is 15.1. The molecular formula is C18H30N2. The quantitative estimate of drug-likeness (QED) is 0.892. The lowest BCUT2D eigenvalue weighted by Crippen LogP contribution is -2.37. The summed E-state index contributed by atoms with van der Waals surface area (Å²) in [5.41, 5.74) is 4.36. The van der Waals surface area contributed by atoms with Crippen molar-refractivity contribution < 1.29 is 0 Å². The molecule has 2 heteroatoms. The van der Waals surface area contributed by atoms with Crippen LogP contribution in [0.5, 0.6) is 0 Å². The van der Waals surface area contributed by atoms with Crippen molar-refractivity contribution in [2.75, 3.05) is 21.1 Å². The van der Waals surface area contributed by atoms with Crippen molar-refractivity contribution in [3.8, 4) is 0 Å². The molecule has 0 aliphatic heterocycles. The Morgan fingerprint density at radius 2 is 1.90 bits per heavy atom. The van der Waals surface area contributed by atoms with Gasteiger partial charge in [0.2, 0.25) is 0 Å². The van der Waals surface area contributed by atoms with Crippen LogP contribution in [0.3, 0.4) is 0 Å². The summed E-state index contributed by atoms with van der Waals surface area (Å²) in [5, 5.41) is 3.19. The zero-order valence-corrected chi connectivity index (χ0v) is 13.9. The van der Waals surface area contributed by atoms with Gasteiger partial charge in [0, 0.05) is 25.2 Å². The molecule has 0 amide bonds. The third kappa shape index (κ3) is 3.43. The lowest BCUT2D eigenvalue weighted by Gasteiger charge is -2.38. The van der Waals surface area contributed by atoms with Crippen molar-refractivity contribution in [2.24, 2.45) is 0 Å². The summed E-state index contributed by atoms with van der Waals surface area (Å²) in [4.78, 5) is 2.37. The molecule has 2 nitrogen and oxygen atoms in total. The van der Waals surface area contributed by atoms with E-state index in [1.165, 1.54) is 23.1 Å². The lowest BCUT2D eigenvalue weighted by atomic mass is 9.75. The third-order valence-corrected chi connectivity index (χ3v) is 4.02. The van der Waals surface area contributed by atoms with E-state index >= 15 is 0 Å². The monoisotopic (exact) mass is 274 g/mol. The molecule has 0 bridgehead atoms. The number of rotatable bonds is 3. The molecule has 1 aliphatic rings. The molecule has 2 unspecified atom stereocenters. The van der Waals surface area contributed by atoms with Crippen molar-refractivity contribution in [2.45, 2.75) is 45.6 Å². The van der Waals surface area contributed by atoms with Crippen molar-refractivity contribution >= 4 is 5.57 Å². The second kappa shape index (κ2) is 8.11. The van der Waals surface area contributed by atoms with Crippen LogP contribution >= 0.6 is 0 Å². The van der Waals surface area contributed by atoms with Gasteiger partial charge in [-0.05, 0) is 43.6 Å². The van der Waals surface area contributed by atoms with Crippen LogP contribution < -0.4 is 5.32 Å². The number of likely N-dealkylation sites (N-methyl/N-ethyl adjacent to an activating group) is 1. The molecule has 0 saturated carbocycles. The summed E-state index contributed by atoms with van der Waals surface area (Å²) in [6.07, 6.45) is 4.48. The highest BCUT2D eigenvalue weighted by atomic mass is 15.1. The fourth-order valence-corrected chi connectivity index (χ4v) is 3.14. The van der Waals surface area contributed by atoms with Crippen molar-refractivity contribution in [1.82, 2.24) is 10.2 Å². The van der Waals surface area contributed by atoms with E-state index < -0.39 is 0 Å². The Labute approximate surface area is 124 Å². The number of hydrogen-bond donors (Lipinski definition) is 1. The van der Waals surface area contributed by atoms with Gasteiger partial charge in [0.05, 0.1) is 0 Å². The van der Waals surface area contributed by atoms with Gasteiger partial charge in [-0.2, -0.15) is 0 Å². The van der Waals surface area contributed by atoms with E-state index in [-0.39, 0.29) is 0 Å². The lowest BCUT2D eigenvalue weighted by molar-refractivity contribution is 0.247. The van der Waals surface area contributed by atoms with Gasteiger partial charge in [-0.25, -0.2) is 0 Å². The maximum Gasteiger partial charge on any atom is 0.0199 e. The molecule has 0 spiro atoms. The number of fused-ring (bicyclic) bond motifs is 1. The minimum absolute atomic E-state index is 0.601. The second-order valence-electron chi connectivity index (χ2n) is 5.30. The van der Waals surface area contributed by atoms with Crippen LogP contribution in [0, 0.1) is 0 Å². The first kappa shape index (κ1) is 16.8. The van der Waals surface area contributed by atoms with Gasteiger partial charge in [-0.1, -0.05) is 45.0 Å². The summed E-state index contributed by atoms with van der Waals surface area (Å²) < 4.78 is 0. The Kier molecular flexibility index (Phi) is 6.80. The number of hydrogen-bond acceptors (Lipinski definition) is 2. The maximum absolute atomic E-state index is 3.19. The number of nitrogens with zero attached hydrogens (tertiary/aromatic N) is 1. The van der Waals surface area contributed by atoms with E-state index in [9.17, 15) is 0 Å². The molecule has 0 aromatic heterocycles. The van der Waals surface area contributed by atoms with E-state index in [0.717, 1.165) is 6.42 Å². The van der Waals surface area contributed by atoms with Crippen LogP contribution in [-0.2, 0) is 0 Å². The predicted octanol–water partition coefficient (Wildman–Crippen LogP) is 4.10. The van der Waals surface area contributed by atoms with Crippen LogP contribution in [0.25, 0.3) is 5.57 Å². The summed E-state index contributed by atoms with van der Waals surface area (Å²) in [6.45, 7) is 6.30. The first-order valence-corrected chi connectivity index (χ1v) is 7.81. The Morgan fingerprint density at radius 3 is 2.45 bits per heavy atom. The molecule has 1 aliphatic carbocycles. The minimum Gasteiger partial charge on any atom is -0.394 e. The Bertz CT molecular complexity index is 435. The molecule has 0 saturated heterocycles. The number of nitrogens with one attached hydrogen (secondary N) is 1. The van der Waals surface area contributed by atoms with Gasteiger partial charge in [-0.15, -0.1) is 0 Å². The normalized spacial score (nSPS) is 23.1. The van der Waals surface area contributed by atoms with Crippen LogP contribution in [0.4, 0.5) is 0 Å². The topological polar surface area (TPSA) is 15.3 Å². The molecule has 2 rings (SSSR count). The summed E-state index contributed by atoms with van der Waals surface area (Å²) >= 11 is 0. The van der Waals surface area contributed by atoms with Crippen molar-refractivity contribution in [1.29, 1.82) is 0 Å². The first-order valence-electron chi connectivity index (χ1n) is 7.81. The van der Waals surface area contributed by atoms with Gasteiger partial charge in [0.15, 0.2) is 0 Å². The molecule has 0 heterocycles. The molecule has 1 aromatic rings. The van der Waals surface area contributed by atoms with E-state index in [0.29, 0.717) is 12.0 Å². The van der Waals surface area contributed by atoms with Gasteiger partial charge >= 0.3 is 0 Å². The maximum atomic E-state index is 3.19. The number of benzene rings is 1. The molecule has 0 fully saturated rings. The van der Waals surface area contributed by atoms with E-state index in [1.54, 1.807) is 0 Å². The first-order chi connectivity index (χ1) is 9.69. The SMILES string of the molecule is CC.CCC1c2ccccc2/C(=C\NC)CC1N(C)C. The van der Waals surface area contributed by atoms with Gasteiger partial charge in [0.1, 0.15) is 0 Å². The highest BCUT2D eigenvalue weighted by molar-refractivity contribution is 5.71. The van der Waals surface area contributed by atoms with E-state index in [1.807, 2.05) is 20.9 Å². The molecule has 20 heavy (non-hydrogen) atoms. The fraction of sp³-hybridized carbons (Fsp3) is 0.556. The summed E-state index contributed by atoms with van der Waals surface area (Å²) in [7, 11) is 6.36. The van der Waals surface area contributed by atoms with Crippen LogP contribution in [0.1, 0.15) is 50.7 Å². The van der Waals surface area contributed by atoms with E-state index in [2.05, 4.69) is 61.7 Å². The van der Waals surface area contributed by atoms with Gasteiger partial charge in [0.25, 0.3) is 0 Å². The van der Waals surface area contributed by atoms with Gasteiger partial charge < -0.3 is 10.2 Å². The van der Waals surface area contributed by atoms with Crippen molar-refractivity contribution in [3.05, 3.63) is 41.6 Å². The molecular weight excluding hydrogens is 244 g/mol. The standard InChI is InChI=1S/C16H24N2.C2H6/c1-5-13-15-9-7-6-8-14(15)12(11-17-2)10-16(13)18(3)4;1-2/h6-9,11,13,16-17H,5,10H2,1-4H3;1-2H3/b12-11-;. The molecule has 112 valence electrons. The van der Waals surface area contributed by atoms with E-state index in [4.69, 9.17) is 0 Å². The Hall–Kier alpha value is -1.28. The molecule has 1 aromatic carbocycles. The van der Waals surface area contributed by atoms with Gasteiger partial charge in [-0.3, -0.25) is 0 Å². The molecule has 1 N–H and O–H groups in total. The smallest absolute Gasteiger partial charge is 0.0199 e. The summed E-state index contributed by atoms with van der Waals surface area (Å²) in [6, 6.07) is 9.46. The van der Waals surface area contributed by atoms with Crippen LogP contribution in [0.2, 0.25) is 0 Å². The average Bonchev–Trinajstić information content (AvgIpc) is 2.49. The van der Waals surface area contributed by atoms with Crippen molar-refractivity contribution in [3.63, 3.8) is 0 Å². The van der Waals surface area contributed by atoms with Crippen LogP contribution in [-0.4, -0.2) is 32.1 Å². The fourth-order valence-electron chi connectivity index (χ4n) is 3.14. The average molecular weight is 274 g/mol. The van der Waals surface area contributed by atoms with Crippen LogP contribution in [0.15, 0.2) is 30.5 Å². The predicted molar refractivity (Wildman–Crippen MR) is 90.0 cm³/mol. The Balaban J connectivity index is 0.000000956.